The molecule has 25 heavy (non-hydrogen) atoms. The Kier molecular flexibility index (Phi) is 6.24. The molecule has 0 saturated carbocycles. The average Bonchev–Trinajstić information content (AvgIpc) is 2.61. The third kappa shape index (κ3) is 5.43. The Morgan fingerprint density at radius 1 is 1.24 bits per heavy atom. The van der Waals surface area contributed by atoms with Crippen LogP contribution in [0.5, 0.6) is 5.75 Å². The first-order chi connectivity index (χ1) is 12.0. The van der Waals surface area contributed by atoms with E-state index in [4.69, 9.17) is 17.0 Å². The summed E-state index contributed by atoms with van der Waals surface area (Å²) in [7, 11) is 0. The van der Waals surface area contributed by atoms with Gasteiger partial charge in [0.2, 0.25) is 0 Å². The number of nitrogens with zero attached hydrogens (tertiary/aromatic N) is 1. The van der Waals surface area contributed by atoms with Gasteiger partial charge >= 0.3 is 0 Å². The number of ether oxygens (including phenoxy) is 1. The first-order valence-corrected chi connectivity index (χ1v) is 7.75. The second-order valence-electron chi connectivity index (χ2n) is 4.80. The lowest BCUT2D eigenvalue weighted by molar-refractivity contribution is -0.384. The number of non-ortho nitro benzene ring substituents is 1. The molecule has 1 amide bonds. The van der Waals surface area contributed by atoms with Crippen molar-refractivity contribution < 1.29 is 14.5 Å². The Hall–Kier alpha value is -3.20. The van der Waals surface area contributed by atoms with Crippen LogP contribution in [0.2, 0.25) is 0 Å². The van der Waals surface area contributed by atoms with Gasteiger partial charge in [0.25, 0.3) is 11.6 Å². The van der Waals surface area contributed by atoms with Crippen molar-refractivity contribution in [2.24, 2.45) is 0 Å². The number of carbonyl (C=O) groups is 1. The van der Waals surface area contributed by atoms with E-state index in [9.17, 15) is 14.9 Å². The zero-order valence-corrected chi connectivity index (χ0v) is 14.1. The zero-order chi connectivity index (χ0) is 18.2. The van der Waals surface area contributed by atoms with Crippen molar-refractivity contribution in [1.29, 1.82) is 0 Å². The molecule has 0 heterocycles. The van der Waals surface area contributed by atoms with Gasteiger partial charge in [0, 0.05) is 17.7 Å². The van der Waals surface area contributed by atoms with Gasteiger partial charge in [-0.1, -0.05) is 6.07 Å². The van der Waals surface area contributed by atoms with Crippen LogP contribution < -0.4 is 20.9 Å². The molecule has 0 spiro atoms. The molecule has 2 aromatic carbocycles. The van der Waals surface area contributed by atoms with Gasteiger partial charge in [0.1, 0.15) is 5.75 Å². The number of thiocarbonyl (C=S) groups is 1. The summed E-state index contributed by atoms with van der Waals surface area (Å²) in [6.45, 7) is 2.36. The van der Waals surface area contributed by atoms with Crippen molar-refractivity contribution in [3.63, 3.8) is 0 Å². The van der Waals surface area contributed by atoms with Crippen LogP contribution in [0.3, 0.4) is 0 Å². The molecular formula is C16H16N4O4S. The Morgan fingerprint density at radius 3 is 2.60 bits per heavy atom. The first kappa shape index (κ1) is 18.1. The largest absolute Gasteiger partial charge is 0.494 e. The Bertz CT molecular complexity index is 780. The van der Waals surface area contributed by atoms with E-state index in [2.05, 4.69) is 16.2 Å². The number of nitrogens with one attached hydrogen (secondary N) is 3. The maximum absolute atomic E-state index is 12.1. The number of hydrogen-bond acceptors (Lipinski definition) is 6. The summed E-state index contributed by atoms with van der Waals surface area (Å²) in [5.74, 6) is 0.211. The van der Waals surface area contributed by atoms with Gasteiger partial charge in [0.15, 0.2) is 5.11 Å². The molecule has 9 heteroatoms. The number of hydrogen-bond donors (Lipinski definition) is 3. The van der Waals surface area contributed by atoms with Gasteiger partial charge in [-0.05, 0) is 49.5 Å². The van der Waals surface area contributed by atoms with Crippen molar-refractivity contribution in [1.82, 2.24) is 10.7 Å². The highest BCUT2D eigenvalue weighted by Crippen LogP contribution is 2.15. The van der Waals surface area contributed by atoms with Gasteiger partial charge in [-0.2, -0.15) is 0 Å². The van der Waals surface area contributed by atoms with Gasteiger partial charge in [-0.15, -0.1) is 0 Å². The molecule has 0 bridgehead atoms. The van der Waals surface area contributed by atoms with E-state index in [1.165, 1.54) is 24.3 Å². The summed E-state index contributed by atoms with van der Waals surface area (Å²) in [6, 6.07) is 12.5. The van der Waals surface area contributed by atoms with Crippen LogP contribution in [0.25, 0.3) is 0 Å². The quantitative estimate of drug-likeness (QED) is 0.413. The average molecular weight is 360 g/mol. The van der Waals surface area contributed by atoms with Crippen molar-refractivity contribution in [3.05, 3.63) is 64.2 Å². The van der Waals surface area contributed by atoms with Crippen molar-refractivity contribution in [2.45, 2.75) is 6.92 Å². The predicted molar refractivity (Wildman–Crippen MR) is 97.5 cm³/mol. The molecular weight excluding hydrogens is 344 g/mol. The summed E-state index contributed by atoms with van der Waals surface area (Å²) < 4.78 is 5.34. The summed E-state index contributed by atoms with van der Waals surface area (Å²) >= 11 is 5.04. The van der Waals surface area contributed by atoms with Crippen LogP contribution in [-0.2, 0) is 0 Å². The Labute approximate surface area is 149 Å². The van der Waals surface area contributed by atoms with Crippen molar-refractivity contribution in [3.8, 4) is 5.75 Å². The Balaban J connectivity index is 1.88. The maximum atomic E-state index is 12.1. The van der Waals surface area contributed by atoms with E-state index in [-0.39, 0.29) is 16.7 Å². The minimum absolute atomic E-state index is 0.0180. The number of rotatable bonds is 6. The van der Waals surface area contributed by atoms with Gasteiger partial charge < -0.3 is 4.74 Å². The molecule has 0 aliphatic rings. The fraction of sp³-hybridized carbons (Fsp3) is 0.125. The topological polar surface area (TPSA) is 106 Å². The van der Waals surface area contributed by atoms with E-state index >= 15 is 0 Å². The van der Waals surface area contributed by atoms with E-state index in [1.807, 2.05) is 6.92 Å². The normalized spacial score (nSPS) is 9.80. The number of benzene rings is 2. The number of carbonyl (C=O) groups excluding carboxylic acids is 1. The standard InChI is InChI=1S/C16H16N4O4S/c1-2-24-14-5-3-4-11(10-14)15(21)17-16(25)19-18-12-6-8-13(9-7-12)20(22)23/h3-10,18H,2H2,1H3,(H2,17,19,21,25). The number of nitro benzene ring substituents is 1. The smallest absolute Gasteiger partial charge is 0.269 e. The minimum atomic E-state index is -0.488. The molecule has 0 fully saturated rings. The zero-order valence-electron chi connectivity index (χ0n) is 13.3. The lowest BCUT2D eigenvalue weighted by Crippen LogP contribution is -2.41. The van der Waals surface area contributed by atoms with Crippen LogP contribution >= 0.6 is 12.2 Å². The number of amides is 1. The predicted octanol–water partition coefficient (Wildman–Crippen LogP) is 2.62. The molecule has 0 saturated heterocycles. The number of hydrazine groups is 1. The molecule has 3 N–H and O–H groups in total. The third-order valence-electron chi connectivity index (χ3n) is 3.03. The molecule has 0 atom stereocenters. The maximum Gasteiger partial charge on any atom is 0.269 e. The molecule has 2 rings (SSSR count). The van der Waals surface area contributed by atoms with Crippen LogP contribution in [0.1, 0.15) is 17.3 Å². The van der Waals surface area contributed by atoms with Crippen LogP contribution in [0, 0.1) is 10.1 Å². The van der Waals surface area contributed by atoms with E-state index < -0.39 is 4.92 Å². The second-order valence-corrected chi connectivity index (χ2v) is 5.21. The highest BCUT2D eigenvalue weighted by molar-refractivity contribution is 7.80. The van der Waals surface area contributed by atoms with E-state index in [1.54, 1.807) is 24.3 Å². The first-order valence-electron chi connectivity index (χ1n) is 7.34. The van der Waals surface area contributed by atoms with Gasteiger partial charge in [-0.3, -0.25) is 31.1 Å². The fourth-order valence-corrected chi connectivity index (χ4v) is 2.04. The van der Waals surface area contributed by atoms with Gasteiger partial charge in [0.05, 0.1) is 17.2 Å². The van der Waals surface area contributed by atoms with Crippen molar-refractivity contribution >= 4 is 34.6 Å². The van der Waals surface area contributed by atoms with Crippen molar-refractivity contribution in [2.75, 3.05) is 12.0 Å². The second kappa shape index (κ2) is 8.60. The van der Waals surface area contributed by atoms with E-state index in [0.29, 0.717) is 23.6 Å². The molecule has 0 aromatic heterocycles. The molecule has 2 aromatic rings. The molecule has 0 aliphatic carbocycles. The van der Waals surface area contributed by atoms with E-state index in [0.717, 1.165) is 0 Å². The van der Waals surface area contributed by atoms with Crippen LogP contribution in [0.4, 0.5) is 11.4 Å². The summed E-state index contributed by atoms with van der Waals surface area (Å²) in [5.41, 5.74) is 6.33. The molecule has 0 aliphatic heterocycles. The number of anilines is 1. The monoisotopic (exact) mass is 360 g/mol. The molecule has 0 unspecified atom stereocenters. The lowest BCUT2D eigenvalue weighted by atomic mass is 10.2. The lowest BCUT2D eigenvalue weighted by Gasteiger charge is -2.12. The summed E-state index contributed by atoms with van der Waals surface area (Å²) in [5, 5.41) is 13.2. The van der Waals surface area contributed by atoms with Crippen LogP contribution in [-0.4, -0.2) is 22.5 Å². The van der Waals surface area contributed by atoms with Gasteiger partial charge in [-0.25, -0.2) is 0 Å². The summed E-state index contributed by atoms with van der Waals surface area (Å²) in [4.78, 5) is 22.2. The minimum Gasteiger partial charge on any atom is -0.494 e. The number of nitro groups is 1. The Morgan fingerprint density at radius 2 is 1.96 bits per heavy atom. The molecule has 130 valence electrons. The summed E-state index contributed by atoms with van der Waals surface area (Å²) in [6.07, 6.45) is 0. The highest BCUT2D eigenvalue weighted by Gasteiger charge is 2.09. The SMILES string of the molecule is CCOc1cccc(C(=O)NC(=S)NNc2ccc([N+](=O)[O-])cc2)c1. The highest BCUT2D eigenvalue weighted by atomic mass is 32.1. The van der Waals surface area contributed by atoms with Crippen LogP contribution in [0.15, 0.2) is 48.5 Å². The molecule has 0 radical (unpaired) electrons. The molecule has 8 nitrogen and oxygen atoms in total. The third-order valence-corrected chi connectivity index (χ3v) is 3.24. The fourth-order valence-electron chi connectivity index (χ4n) is 1.90.